The van der Waals surface area contributed by atoms with E-state index in [4.69, 9.17) is 4.74 Å². The van der Waals surface area contributed by atoms with Crippen LogP contribution in [0.2, 0.25) is 0 Å². The normalized spacial score (nSPS) is 17.2. The molecule has 5 nitrogen and oxygen atoms in total. The molecule has 2 aromatic rings. The molecule has 0 aromatic heterocycles. The third kappa shape index (κ3) is 4.05. The number of methoxy groups -OCH3 is 1. The molecule has 0 unspecified atom stereocenters. The number of rotatable bonds is 3. The minimum absolute atomic E-state index is 0.113. The quantitative estimate of drug-likeness (QED) is 0.532. The molecule has 0 N–H and O–H groups in total. The second-order valence-electron chi connectivity index (χ2n) is 5.47. The fourth-order valence-electron chi connectivity index (χ4n) is 2.33. The van der Waals surface area contributed by atoms with Gasteiger partial charge in [-0.25, -0.2) is 9.79 Å². The minimum atomic E-state index is -0.425. The van der Waals surface area contributed by atoms with Crippen molar-refractivity contribution in [2.24, 2.45) is 4.99 Å². The molecule has 7 heteroatoms. The summed E-state index contributed by atoms with van der Waals surface area (Å²) in [5.41, 5.74) is 1.92. The van der Waals surface area contributed by atoms with Crippen LogP contribution in [0.5, 0.6) is 0 Å². The molecule has 1 aliphatic rings. The Morgan fingerprint density at radius 2 is 2.00 bits per heavy atom. The molecular formula is C19H15BrN2O3S. The van der Waals surface area contributed by atoms with Crippen molar-refractivity contribution < 1.29 is 14.3 Å². The molecule has 26 heavy (non-hydrogen) atoms. The number of hydrogen-bond donors (Lipinski definition) is 0. The number of amidine groups is 1. The van der Waals surface area contributed by atoms with Crippen molar-refractivity contribution in [3.05, 3.63) is 69.0 Å². The van der Waals surface area contributed by atoms with Gasteiger partial charge < -0.3 is 4.74 Å². The van der Waals surface area contributed by atoms with E-state index in [-0.39, 0.29) is 5.91 Å². The van der Waals surface area contributed by atoms with E-state index in [0.717, 1.165) is 10.0 Å². The third-order valence-electron chi connectivity index (χ3n) is 3.64. The van der Waals surface area contributed by atoms with E-state index in [1.807, 2.05) is 30.3 Å². The highest BCUT2D eigenvalue weighted by Gasteiger charge is 2.30. The van der Waals surface area contributed by atoms with Crippen molar-refractivity contribution in [3.63, 3.8) is 0 Å². The van der Waals surface area contributed by atoms with Gasteiger partial charge in [-0.3, -0.25) is 9.69 Å². The number of carbonyl (C=O) groups is 2. The molecule has 132 valence electrons. The van der Waals surface area contributed by atoms with Crippen molar-refractivity contribution >= 4 is 56.5 Å². The molecule has 0 aliphatic carbocycles. The van der Waals surface area contributed by atoms with Crippen LogP contribution in [0.25, 0.3) is 6.08 Å². The summed E-state index contributed by atoms with van der Waals surface area (Å²) in [5.74, 6) is -0.538. The Bertz CT molecular complexity index is 940. The van der Waals surface area contributed by atoms with Crippen molar-refractivity contribution in [3.8, 4) is 0 Å². The summed E-state index contributed by atoms with van der Waals surface area (Å²) in [6.07, 6.45) is 1.83. The van der Waals surface area contributed by atoms with Crippen molar-refractivity contribution in [1.29, 1.82) is 0 Å². The largest absolute Gasteiger partial charge is 0.465 e. The number of likely N-dealkylation sites (N-methyl/N-ethyl adjacent to an activating group) is 1. The highest BCUT2D eigenvalue weighted by molar-refractivity contribution is 9.10. The number of thioether (sulfide) groups is 1. The average Bonchev–Trinajstić information content (AvgIpc) is 2.89. The maximum absolute atomic E-state index is 12.5. The Labute approximate surface area is 163 Å². The number of halogens is 1. The Balaban J connectivity index is 1.89. The Kier molecular flexibility index (Phi) is 5.58. The molecule has 0 bridgehead atoms. The van der Waals surface area contributed by atoms with Crippen molar-refractivity contribution in [2.45, 2.75) is 0 Å². The molecular weight excluding hydrogens is 416 g/mol. The maximum Gasteiger partial charge on any atom is 0.337 e. The number of benzene rings is 2. The molecule has 1 aliphatic heterocycles. The van der Waals surface area contributed by atoms with E-state index in [2.05, 4.69) is 20.9 Å². The first kappa shape index (κ1) is 18.4. The number of nitrogens with zero attached hydrogens (tertiary/aromatic N) is 2. The zero-order valence-electron chi connectivity index (χ0n) is 14.1. The van der Waals surface area contributed by atoms with E-state index < -0.39 is 5.97 Å². The molecule has 1 saturated heterocycles. The number of hydrogen-bond acceptors (Lipinski definition) is 5. The number of amides is 1. The van der Waals surface area contributed by atoms with Gasteiger partial charge in [0.25, 0.3) is 5.91 Å². The zero-order valence-corrected chi connectivity index (χ0v) is 16.5. The Morgan fingerprint density at radius 1 is 1.23 bits per heavy atom. The first-order chi connectivity index (χ1) is 12.5. The zero-order chi connectivity index (χ0) is 18.7. The van der Waals surface area contributed by atoms with E-state index in [9.17, 15) is 9.59 Å². The summed E-state index contributed by atoms with van der Waals surface area (Å²) in [7, 11) is 3.01. The highest BCUT2D eigenvalue weighted by atomic mass is 79.9. The fraction of sp³-hybridized carbons (Fsp3) is 0.105. The SMILES string of the molecule is COC(=O)c1cccc(N=C2SC(=Cc3cccc(Br)c3)C(=O)N2C)c1. The van der Waals surface area contributed by atoms with Crippen LogP contribution >= 0.6 is 27.7 Å². The van der Waals surface area contributed by atoms with Crippen molar-refractivity contribution in [2.75, 3.05) is 14.2 Å². The van der Waals surface area contributed by atoms with Crippen LogP contribution < -0.4 is 0 Å². The minimum Gasteiger partial charge on any atom is -0.465 e. The van der Waals surface area contributed by atoms with E-state index >= 15 is 0 Å². The molecule has 1 amide bonds. The summed E-state index contributed by atoms with van der Waals surface area (Å²) < 4.78 is 5.67. The van der Waals surface area contributed by atoms with Gasteiger partial charge in [0.05, 0.1) is 23.3 Å². The molecule has 3 rings (SSSR count). The van der Waals surface area contributed by atoms with Crippen molar-refractivity contribution in [1.82, 2.24) is 4.90 Å². The lowest BCUT2D eigenvalue weighted by Crippen LogP contribution is -2.23. The van der Waals surface area contributed by atoms with Crippen LogP contribution in [0.3, 0.4) is 0 Å². The number of aliphatic imine (C=N–C) groups is 1. The number of carbonyl (C=O) groups excluding carboxylic acids is 2. The van der Waals surface area contributed by atoms with Crippen LogP contribution in [-0.2, 0) is 9.53 Å². The monoisotopic (exact) mass is 430 g/mol. The van der Waals surface area contributed by atoms with Gasteiger partial charge >= 0.3 is 5.97 Å². The van der Waals surface area contributed by atoms with E-state index in [1.54, 1.807) is 31.3 Å². The summed E-state index contributed by atoms with van der Waals surface area (Å²) in [5, 5.41) is 0.554. The van der Waals surface area contributed by atoms with Crippen LogP contribution in [0.4, 0.5) is 5.69 Å². The molecule has 0 radical (unpaired) electrons. The van der Waals surface area contributed by atoms with Crippen LogP contribution in [0, 0.1) is 0 Å². The first-order valence-electron chi connectivity index (χ1n) is 7.68. The summed E-state index contributed by atoms with van der Waals surface area (Å²) in [6, 6.07) is 14.5. The smallest absolute Gasteiger partial charge is 0.337 e. The molecule has 2 aromatic carbocycles. The van der Waals surface area contributed by atoms with Gasteiger partial charge in [-0.15, -0.1) is 0 Å². The van der Waals surface area contributed by atoms with Crippen LogP contribution in [-0.4, -0.2) is 36.1 Å². The lowest BCUT2D eigenvalue weighted by Gasteiger charge is -2.07. The molecule has 0 spiro atoms. The lowest BCUT2D eigenvalue weighted by molar-refractivity contribution is -0.121. The summed E-state index contributed by atoms with van der Waals surface area (Å²) in [6.45, 7) is 0. The third-order valence-corrected chi connectivity index (χ3v) is 5.20. The Hall–Kier alpha value is -2.38. The number of ether oxygens (including phenoxy) is 1. The van der Waals surface area contributed by atoms with Gasteiger partial charge in [0.2, 0.25) is 0 Å². The predicted molar refractivity (Wildman–Crippen MR) is 107 cm³/mol. The predicted octanol–water partition coefficient (Wildman–Crippen LogP) is 4.47. The van der Waals surface area contributed by atoms with Gasteiger partial charge in [-0.1, -0.05) is 34.1 Å². The molecule has 1 fully saturated rings. The second kappa shape index (κ2) is 7.88. The maximum atomic E-state index is 12.5. The molecule has 0 atom stereocenters. The Morgan fingerprint density at radius 3 is 2.73 bits per heavy atom. The topological polar surface area (TPSA) is 59.0 Å². The molecule has 1 heterocycles. The standard InChI is InChI=1S/C19H15BrN2O3S/c1-22-17(23)16(10-12-5-3-7-14(20)9-12)26-19(22)21-15-8-4-6-13(11-15)18(24)25-2/h3-11H,1-2H3. The number of esters is 1. The van der Waals surface area contributed by atoms with E-state index in [0.29, 0.717) is 21.3 Å². The highest BCUT2D eigenvalue weighted by Crippen LogP contribution is 2.33. The second-order valence-corrected chi connectivity index (χ2v) is 7.39. The van der Waals surface area contributed by atoms with E-state index in [1.165, 1.54) is 23.8 Å². The average molecular weight is 431 g/mol. The molecule has 0 saturated carbocycles. The van der Waals surface area contributed by atoms with Gasteiger partial charge in [0.1, 0.15) is 0 Å². The summed E-state index contributed by atoms with van der Waals surface area (Å²) >= 11 is 4.72. The van der Waals surface area contributed by atoms with Gasteiger partial charge in [0.15, 0.2) is 5.17 Å². The van der Waals surface area contributed by atoms with Gasteiger partial charge in [-0.05, 0) is 53.7 Å². The first-order valence-corrected chi connectivity index (χ1v) is 9.29. The van der Waals surface area contributed by atoms with Gasteiger partial charge in [-0.2, -0.15) is 0 Å². The fourth-order valence-corrected chi connectivity index (χ4v) is 3.73. The van der Waals surface area contributed by atoms with Crippen LogP contribution in [0.1, 0.15) is 15.9 Å². The van der Waals surface area contributed by atoms with Crippen LogP contribution in [0.15, 0.2) is 62.9 Å². The summed E-state index contributed by atoms with van der Waals surface area (Å²) in [4.78, 5) is 30.7. The van der Waals surface area contributed by atoms with Gasteiger partial charge in [0, 0.05) is 11.5 Å². The lowest BCUT2D eigenvalue weighted by atomic mass is 10.2.